The van der Waals surface area contributed by atoms with E-state index in [9.17, 15) is 32.3 Å². The average Bonchev–Trinajstić information content (AvgIpc) is 2.68. The second-order valence-corrected chi connectivity index (χ2v) is 6.38. The molecule has 0 bridgehead atoms. The molecule has 5 nitrogen and oxygen atoms in total. The van der Waals surface area contributed by atoms with E-state index in [-0.39, 0.29) is 11.1 Å². The van der Waals surface area contributed by atoms with Crippen molar-refractivity contribution < 1.29 is 32.3 Å². The van der Waals surface area contributed by atoms with Crippen LogP contribution in [0.2, 0.25) is 0 Å². The topological polar surface area (TPSA) is 78.4 Å². The van der Waals surface area contributed by atoms with Gasteiger partial charge in [-0.2, -0.15) is 8.78 Å². The minimum atomic E-state index is -5.09. The molecular weight excluding hydrogens is 380 g/mol. The number of halogens is 4. The Balaban J connectivity index is 2.19. The van der Waals surface area contributed by atoms with Crippen LogP contribution in [0.3, 0.4) is 0 Å². The molecule has 1 aliphatic rings. The van der Waals surface area contributed by atoms with E-state index in [2.05, 4.69) is 5.32 Å². The molecule has 148 valence electrons. The van der Waals surface area contributed by atoms with Crippen LogP contribution in [0, 0.1) is 5.92 Å². The summed E-state index contributed by atoms with van der Waals surface area (Å²) in [6, 6.07) is 11.9. The largest absolute Gasteiger partial charge is 0.365 e. The third-order valence-electron chi connectivity index (χ3n) is 4.66. The number of amides is 2. The van der Waals surface area contributed by atoms with Crippen LogP contribution in [-0.2, 0) is 0 Å². The summed E-state index contributed by atoms with van der Waals surface area (Å²) in [5.74, 6) is -8.24. The highest BCUT2D eigenvalue weighted by atomic mass is 19.3. The Morgan fingerprint density at radius 3 is 2.11 bits per heavy atom. The van der Waals surface area contributed by atoms with E-state index in [0.29, 0.717) is 0 Å². The quantitative estimate of drug-likeness (QED) is 0.537. The third kappa shape index (κ3) is 3.22. The number of carbonyl (C=O) groups is 2. The van der Waals surface area contributed by atoms with Gasteiger partial charge in [0.15, 0.2) is 5.78 Å². The van der Waals surface area contributed by atoms with E-state index in [1.165, 1.54) is 53.8 Å². The predicted octanol–water partition coefficient (Wildman–Crippen LogP) is 3.13. The van der Waals surface area contributed by atoms with Gasteiger partial charge in [-0.05, 0) is 5.56 Å². The highest BCUT2D eigenvalue weighted by Gasteiger charge is 2.69. The minimum Gasteiger partial charge on any atom is -0.365 e. The number of hydrogen-bond acceptors (Lipinski definition) is 3. The summed E-state index contributed by atoms with van der Waals surface area (Å²) in [5.41, 5.74) is -3.68. The summed E-state index contributed by atoms with van der Waals surface area (Å²) in [7, 11) is 0. The SMILES string of the molecule is O=C1N[C@H](c2ccccc2)[C@H](C(=O)c2ccccc2)[C@](O)(C(F)(F)C(F)F)N1. The van der Waals surface area contributed by atoms with Crippen molar-refractivity contribution in [2.45, 2.75) is 24.1 Å². The standard InChI is InChI=1S/C19H16F4N2O3/c20-16(21)18(22,23)19(28)13(15(26)12-9-5-2-6-10-12)14(24-17(27)25-19)11-7-3-1-4-8-11/h1-10,13-14,16,28H,(H2,24,25,27)/t13-,14-,19+/m1/s1. The summed E-state index contributed by atoms with van der Waals surface area (Å²) in [4.78, 5) is 25.0. The number of ketones is 1. The van der Waals surface area contributed by atoms with Crippen molar-refractivity contribution in [2.75, 3.05) is 0 Å². The van der Waals surface area contributed by atoms with Crippen LogP contribution in [0.4, 0.5) is 22.4 Å². The number of nitrogens with one attached hydrogen (secondary N) is 2. The van der Waals surface area contributed by atoms with Gasteiger partial charge in [0, 0.05) is 5.56 Å². The summed E-state index contributed by atoms with van der Waals surface area (Å²) in [6.45, 7) is 0. The van der Waals surface area contributed by atoms with E-state index in [4.69, 9.17) is 0 Å². The van der Waals surface area contributed by atoms with Gasteiger partial charge in [0.05, 0.1) is 6.04 Å². The fourth-order valence-electron chi connectivity index (χ4n) is 3.27. The van der Waals surface area contributed by atoms with Crippen LogP contribution in [0.15, 0.2) is 60.7 Å². The molecule has 0 aromatic heterocycles. The molecule has 0 saturated carbocycles. The number of carbonyl (C=O) groups excluding carboxylic acids is 2. The lowest BCUT2D eigenvalue weighted by molar-refractivity contribution is -0.269. The first-order valence-electron chi connectivity index (χ1n) is 8.29. The molecule has 0 unspecified atom stereocenters. The Kier molecular flexibility index (Phi) is 5.12. The fraction of sp³-hybridized carbons (Fsp3) is 0.263. The van der Waals surface area contributed by atoms with Crippen LogP contribution < -0.4 is 10.6 Å². The molecule has 2 aromatic rings. The molecule has 3 rings (SSSR count). The molecule has 0 radical (unpaired) electrons. The molecule has 2 amide bonds. The maximum atomic E-state index is 14.4. The van der Waals surface area contributed by atoms with Gasteiger partial charge in [-0.15, -0.1) is 0 Å². The van der Waals surface area contributed by atoms with E-state index >= 15 is 0 Å². The summed E-state index contributed by atoms with van der Waals surface area (Å²) in [6.07, 6.45) is -4.32. The number of Topliss-reactive ketones (excluding diaryl/α,β-unsaturated/α-hetero) is 1. The zero-order valence-corrected chi connectivity index (χ0v) is 14.3. The Hall–Kier alpha value is -2.94. The third-order valence-corrected chi connectivity index (χ3v) is 4.66. The lowest BCUT2D eigenvalue weighted by Crippen LogP contribution is -2.75. The molecular formula is C19H16F4N2O3. The molecule has 9 heteroatoms. The molecule has 1 saturated heterocycles. The van der Waals surface area contributed by atoms with Crippen LogP contribution in [-0.4, -0.2) is 35.0 Å². The van der Waals surface area contributed by atoms with Gasteiger partial charge in [-0.3, -0.25) is 4.79 Å². The Morgan fingerprint density at radius 1 is 1.04 bits per heavy atom. The molecule has 1 fully saturated rings. The van der Waals surface area contributed by atoms with Gasteiger partial charge in [-0.1, -0.05) is 60.7 Å². The van der Waals surface area contributed by atoms with Crippen molar-refractivity contribution in [3.8, 4) is 0 Å². The Bertz CT molecular complexity index is 864. The highest BCUT2D eigenvalue weighted by Crippen LogP contribution is 2.45. The number of rotatable bonds is 5. The number of aliphatic hydroxyl groups is 1. The second kappa shape index (κ2) is 7.23. The molecule has 1 heterocycles. The highest BCUT2D eigenvalue weighted by molar-refractivity contribution is 6.00. The summed E-state index contributed by atoms with van der Waals surface area (Å²) in [5, 5.41) is 14.4. The lowest BCUT2D eigenvalue weighted by atomic mass is 9.75. The Morgan fingerprint density at radius 2 is 1.57 bits per heavy atom. The zero-order chi connectivity index (χ0) is 20.5. The smallest absolute Gasteiger partial charge is 0.354 e. The first kappa shape index (κ1) is 19.8. The summed E-state index contributed by atoms with van der Waals surface area (Å²) < 4.78 is 55.1. The molecule has 1 aliphatic heterocycles. The molecule has 3 N–H and O–H groups in total. The van der Waals surface area contributed by atoms with Gasteiger partial charge >= 0.3 is 18.4 Å². The van der Waals surface area contributed by atoms with Gasteiger partial charge in [-0.25, -0.2) is 13.6 Å². The number of hydrogen-bond donors (Lipinski definition) is 3. The summed E-state index contributed by atoms with van der Waals surface area (Å²) >= 11 is 0. The van der Waals surface area contributed by atoms with E-state index < -0.39 is 41.8 Å². The van der Waals surface area contributed by atoms with Crippen LogP contribution in [0.1, 0.15) is 22.0 Å². The van der Waals surface area contributed by atoms with Crippen LogP contribution >= 0.6 is 0 Å². The Labute approximate surface area is 157 Å². The van der Waals surface area contributed by atoms with Gasteiger partial charge < -0.3 is 15.7 Å². The van der Waals surface area contributed by atoms with Gasteiger partial charge in [0.2, 0.25) is 5.72 Å². The van der Waals surface area contributed by atoms with Crippen LogP contribution in [0.5, 0.6) is 0 Å². The predicted molar refractivity (Wildman–Crippen MR) is 91.0 cm³/mol. The van der Waals surface area contributed by atoms with Crippen molar-refractivity contribution in [2.24, 2.45) is 5.92 Å². The normalized spacial score (nSPS) is 25.1. The van der Waals surface area contributed by atoms with E-state index in [0.717, 1.165) is 0 Å². The van der Waals surface area contributed by atoms with Crippen molar-refractivity contribution in [1.82, 2.24) is 10.6 Å². The van der Waals surface area contributed by atoms with Gasteiger partial charge in [0.25, 0.3) is 0 Å². The number of alkyl halides is 4. The molecule has 0 spiro atoms. The van der Waals surface area contributed by atoms with Crippen molar-refractivity contribution >= 4 is 11.8 Å². The van der Waals surface area contributed by atoms with Crippen molar-refractivity contribution in [1.29, 1.82) is 0 Å². The van der Waals surface area contributed by atoms with Gasteiger partial charge in [0.1, 0.15) is 5.92 Å². The average molecular weight is 396 g/mol. The van der Waals surface area contributed by atoms with E-state index in [1.54, 1.807) is 12.1 Å². The molecule has 0 aliphatic carbocycles. The maximum absolute atomic E-state index is 14.4. The van der Waals surface area contributed by atoms with Crippen molar-refractivity contribution in [3.63, 3.8) is 0 Å². The number of urea groups is 1. The molecule has 28 heavy (non-hydrogen) atoms. The second-order valence-electron chi connectivity index (χ2n) is 6.38. The van der Waals surface area contributed by atoms with Crippen molar-refractivity contribution in [3.05, 3.63) is 71.8 Å². The minimum absolute atomic E-state index is 0.0742. The maximum Gasteiger partial charge on any atom is 0.354 e. The monoisotopic (exact) mass is 396 g/mol. The first-order valence-corrected chi connectivity index (χ1v) is 8.29. The molecule has 3 atom stereocenters. The fourth-order valence-corrected chi connectivity index (χ4v) is 3.27. The number of benzene rings is 2. The van der Waals surface area contributed by atoms with Crippen LogP contribution in [0.25, 0.3) is 0 Å². The zero-order valence-electron chi connectivity index (χ0n) is 14.3. The molecule has 2 aromatic carbocycles. The lowest BCUT2D eigenvalue weighted by Gasteiger charge is -2.47. The first-order chi connectivity index (χ1) is 13.2. The van der Waals surface area contributed by atoms with E-state index in [1.807, 2.05) is 0 Å².